The normalized spacial score (nSPS) is 12.6. The lowest BCUT2D eigenvalue weighted by molar-refractivity contribution is 0.379. The smallest absolute Gasteiger partial charge is 0.316 e. The van der Waals surface area contributed by atoms with Gasteiger partial charge in [0.15, 0.2) is 0 Å². The average Bonchev–Trinajstić information content (AvgIpc) is 2.05. The lowest BCUT2D eigenvalue weighted by atomic mass is 10.2. The van der Waals surface area contributed by atoms with Crippen molar-refractivity contribution in [2.24, 2.45) is 5.73 Å². The van der Waals surface area contributed by atoms with Crippen molar-refractivity contribution >= 4 is 0 Å². The second-order valence-corrected chi connectivity index (χ2v) is 2.29. The second-order valence-electron chi connectivity index (χ2n) is 2.29. The quantitative estimate of drug-likeness (QED) is 0.672. The zero-order chi connectivity index (χ0) is 8.27. The van der Waals surface area contributed by atoms with Crippen LogP contribution in [-0.4, -0.2) is 17.1 Å². The van der Waals surface area contributed by atoms with E-state index in [-0.39, 0.29) is 6.04 Å². The average molecular weight is 153 g/mol. The Morgan fingerprint density at radius 2 is 2.00 bits per heavy atom. The van der Waals surface area contributed by atoms with Gasteiger partial charge in [0.2, 0.25) is 0 Å². The van der Waals surface area contributed by atoms with Gasteiger partial charge in [-0.1, -0.05) is 0 Å². The van der Waals surface area contributed by atoms with E-state index < -0.39 is 0 Å². The molecule has 4 nitrogen and oxygen atoms in total. The standard InChI is InChI=1S/C7H11N3O/c1-5(8)6-3-9-7(11-2)10-4-6/h3-5H,8H2,1-2H3. The van der Waals surface area contributed by atoms with Crippen molar-refractivity contribution in [3.63, 3.8) is 0 Å². The lowest BCUT2D eigenvalue weighted by Gasteiger charge is -2.03. The Hall–Kier alpha value is -1.16. The minimum atomic E-state index is -0.0269. The highest BCUT2D eigenvalue weighted by Gasteiger charge is 2.00. The Kier molecular flexibility index (Phi) is 2.38. The van der Waals surface area contributed by atoms with Crippen molar-refractivity contribution < 1.29 is 4.74 Å². The minimum absolute atomic E-state index is 0.0269. The first-order valence-electron chi connectivity index (χ1n) is 3.35. The molecule has 0 saturated carbocycles. The van der Waals surface area contributed by atoms with Crippen LogP contribution in [0.2, 0.25) is 0 Å². The topological polar surface area (TPSA) is 61.0 Å². The summed E-state index contributed by atoms with van der Waals surface area (Å²) in [6.07, 6.45) is 3.33. The Bertz CT molecular complexity index is 220. The largest absolute Gasteiger partial charge is 0.467 e. The van der Waals surface area contributed by atoms with E-state index in [1.165, 1.54) is 7.11 Å². The summed E-state index contributed by atoms with van der Waals surface area (Å²) in [6.45, 7) is 1.88. The Morgan fingerprint density at radius 3 is 2.36 bits per heavy atom. The van der Waals surface area contributed by atoms with Gasteiger partial charge in [-0.3, -0.25) is 0 Å². The van der Waals surface area contributed by atoms with Gasteiger partial charge < -0.3 is 10.5 Å². The van der Waals surface area contributed by atoms with Crippen LogP contribution in [0.1, 0.15) is 18.5 Å². The summed E-state index contributed by atoms with van der Waals surface area (Å²) in [5.74, 6) is 0. The highest BCUT2D eigenvalue weighted by Crippen LogP contribution is 2.07. The molecular weight excluding hydrogens is 142 g/mol. The molecule has 1 aromatic rings. The molecule has 0 aliphatic carbocycles. The molecule has 0 aliphatic rings. The van der Waals surface area contributed by atoms with E-state index in [0.717, 1.165) is 5.56 Å². The monoisotopic (exact) mass is 153 g/mol. The van der Waals surface area contributed by atoms with Gasteiger partial charge in [-0.2, -0.15) is 0 Å². The van der Waals surface area contributed by atoms with Crippen LogP contribution in [0.15, 0.2) is 12.4 Å². The fraction of sp³-hybridized carbons (Fsp3) is 0.429. The maximum Gasteiger partial charge on any atom is 0.316 e. The molecule has 0 fully saturated rings. The number of aromatic nitrogens is 2. The molecule has 1 aromatic heterocycles. The van der Waals surface area contributed by atoms with Gasteiger partial charge in [0, 0.05) is 24.0 Å². The molecule has 0 bridgehead atoms. The summed E-state index contributed by atoms with van der Waals surface area (Å²) in [7, 11) is 1.53. The summed E-state index contributed by atoms with van der Waals surface area (Å²) in [5.41, 5.74) is 6.49. The maximum absolute atomic E-state index is 5.58. The van der Waals surface area contributed by atoms with Gasteiger partial charge in [-0.05, 0) is 6.92 Å². The zero-order valence-electron chi connectivity index (χ0n) is 6.61. The van der Waals surface area contributed by atoms with Gasteiger partial charge in [0.1, 0.15) is 0 Å². The predicted octanol–water partition coefficient (Wildman–Crippen LogP) is 0.505. The highest BCUT2D eigenvalue weighted by atomic mass is 16.5. The first-order valence-corrected chi connectivity index (χ1v) is 3.35. The van der Waals surface area contributed by atoms with Crippen LogP contribution >= 0.6 is 0 Å². The molecule has 1 unspecified atom stereocenters. The predicted molar refractivity (Wildman–Crippen MR) is 41.2 cm³/mol. The molecular formula is C7H11N3O. The van der Waals surface area contributed by atoms with Crippen molar-refractivity contribution in [3.05, 3.63) is 18.0 Å². The molecule has 0 amide bonds. The molecule has 11 heavy (non-hydrogen) atoms. The van der Waals surface area contributed by atoms with Crippen LogP contribution in [0.25, 0.3) is 0 Å². The van der Waals surface area contributed by atoms with Crippen LogP contribution in [0.5, 0.6) is 6.01 Å². The molecule has 0 aromatic carbocycles. The summed E-state index contributed by atoms with van der Waals surface area (Å²) in [4.78, 5) is 7.81. The maximum atomic E-state index is 5.58. The molecule has 60 valence electrons. The van der Waals surface area contributed by atoms with Crippen LogP contribution in [-0.2, 0) is 0 Å². The summed E-state index contributed by atoms with van der Waals surface area (Å²) in [6, 6.07) is 0.343. The second kappa shape index (κ2) is 3.30. The molecule has 1 heterocycles. The molecule has 0 aliphatic heterocycles. The van der Waals surface area contributed by atoms with Crippen LogP contribution in [0.4, 0.5) is 0 Å². The first kappa shape index (κ1) is 7.94. The number of hydrogen-bond donors (Lipinski definition) is 1. The summed E-state index contributed by atoms with van der Waals surface area (Å²) in [5, 5.41) is 0. The van der Waals surface area contributed by atoms with E-state index in [1.807, 2.05) is 6.92 Å². The highest BCUT2D eigenvalue weighted by molar-refractivity contribution is 5.10. The lowest BCUT2D eigenvalue weighted by Crippen LogP contribution is -2.06. The summed E-state index contributed by atoms with van der Waals surface area (Å²) >= 11 is 0. The van der Waals surface area contributed by atoms with Crippen molar-refractivity contribution in [2.45, 2.75) is 13.0 Å². The van der Waals surface area contributed by atoms with Crippen molar-refractivity contribution in [2.75, 3.05) is 7.11 Å². The molecule has 4 heteroatoms. The molecule has 0 spiro atoms. The van der Waals surface area contributed by atoms with E-state index in [1.54, 1.807) is 12.4 Å². The Labute approximate surface area is 65.4 Å². The van der Waals surface area contributed by atoms with Gasteiger partial charge in [-0.25, -0.2) is 9.97 Å². The van der Waals surface area contributed by atoms with Crippen LogP contribution in [0, 0.1) is 0 Å². The number of nitrogens with two attached hydrogens (primary N) is 1. The van der Waals surface area contributed by atoms with Crippen molar-refractivity contribution in [3.8, 4) is 6.01 Å². The third-order valence-electron chi connectivity index (χ3n) is 1.36. The minimum Gasteiger partial charge on any atom is -0.467 e. The van der Waals surface area contributed by atoms with Gasteiger partial charge in [0.25, 0.3) is 0 Å². The third-order valence-corrected chi connectivity index (χ3v) is 1.36. The van der Waals surface area contributed by atoms with E-state index in [4.69, 9.17) is 10.5 Å². The molecule has 0 saturated heterocycles. The fourth-order valence-corrected chi connectivity index (χ4v) is 0.667. The van der Waals surface area contributed by atoms with Gasteiger partial charge >= 0.3 is 6.01 Å². The molecule has 2 N–H and O–H groups in total. The first-order chi connectivity index (χ1) is 5.24. The number of nitrogens with zero attached hydrogens (tertiary/aromatic N) is 2. The van der Waals surface area contributed by atoms with E-state index >= 15 is 0 Å². The number of hydrogen-bond acceptors (Lipinski definition) is 4. The number of methoxy groups -OCH3 is 1. The van der Waals surface area contributed by atoms with Gasteiger partial charge in [-0.15, -0.1) is 0 Å². The summed E-state index contributed by atoms with van der Waals surface area (Å²) < 4.78 is 4.79. The molecule has 0 radical (unpaired) electrons. The van der Waals surface area contributed by atoms with Crippen LogP contribution in [0.3, 0.4) is 0 Å². The van der Waals surface area contributed by atoms with E-state index in [9.17, 15) is 0 Å². The molecule has 1 atom stereocenters. The molecule has 1 rings (SSSR count). The van der Waals surface area contributed by atoms with Crippen molar-refractivity contribution in [1.82, 2.24) is 9.97 Å². The Morgan fingerprint density at radius 1 is 1.45 bits per heavy atom. The Balaban J connectivity index is 2.83. The van der Waals surface area contributed by atoms with Crippen LogP contribution < -0.4 is 10.5 Å². The van der Waals surface area contributed by atoms with E-state index in [0.29, 0.717) is 6.01 Å². The number of rotatable bonds is 2. The zero-order valence-corrected chi connectivity index (χ0v) is 6.61. The number of ether oxygens (including phenoxy) is 1. The SMILES string of the molecule is COc1ncc(C(C)N)cn1. The fourth-order valence-electron chi connectivity index (χ4n) is 0.667. The van der Waals surface area contributed by atoms with E-state index in [2.05, 4.69) is 9.97 Å². The van der Waals surface area contributed by atoms with Gasteiger partial charge in [0.05, 0.1) is 7.11 Å². The van der Waals surface area contributed by atoms with Crippen molar-refractivity contribution in [1.29, 1.82) is 0 Å². The third kappa shape index (κ3) is 1.88.